The Labute approximate surface area is 199 Å². The molecular formula is C27H27N3O2S. The van der Waals surface area contributed by atoms with Gasteiger partial charge in [-0.05, 0) is 92.0 Å². The van der Waals surface area contributed by atoms with Crippen LogP contribution >= 0.6 is 12.2 Å². The molecule has 1 atom stereocenters. The SMILES string of the molecule is CC[C@@H](C)c1ccc2oc(-c3ccc(NC(=S)NC(=O)c4ccc(C)cc4C)cc3)nc2c1. The molecule has 6 heteroatoms. The molecule has 1 heterocycles. The van der Waals surface area contributed by atoms with Crippen molar-refractivity contribution in [2.45, 2.75) is 40.0 Å². The lowest BCUT2D eigenvalue weighted by atomic mass is 9.98. The van der Waals surface area contributed by atoms with Gasteiger partial charge in [0.2, 0.25) is 5.89 Å². The molecule has 1 amide bonds. The van der Waals surface area contributed by atoms with Crippen LogP contribution in [0, 0.1) is 13.8 Å². The Hall–Kier alpha value is -3.51. The van der Waals surface area contributed by atoms with Crippen molar-refractivity contribution in [3.63, 3.8) is 0 Å². The molecule has 5 nitrogen and oxygen atoms in total. The van der Waals surface area contributed by atoms with Crippen LogP contribution in [0.15, 0.2) is 65.1 Å². The number of amides is 1. The van der Waals surface area contributed by atoms with Gasteiger partial charge in [-0.2, -0.15) is 0 Å². The highest BCUT2D eigenvalue weighted by molar-refractivity contribution is 7.80. The van der Waals surface area contributed by atoms with Gasteiger partial charge >= 0.3 is 0 Å². The molecule has 3 aromatic carbocycles. The second-order valence-corrected chi connectivity index (χ2v) is 8.77. The minimum atomic E-state index is -0.232. The fourth-order valence-corrected chi connectivity index (χ4v) is 3.92. The fourth-order valence-electron chi connectivity index (χ4n) is 3.71. The van der Waals surface area contributed by atoms with Crippen LogP contribution in [-0.2, 0) is 0 Å². The average molecular weight is 458 g/mol. The lowest BCUT2D eigenvalue weighted by Gasteiger charge is -2.11. The first-order valence-corrected chi connectivity index (χ1v) is 11.5. The normalized spacial score (nSPS) is 11.9. The molecule has 0 unspecified atom stereocenters. The fraction of sp³-hybridized carbons (Fsp3) is 0.222. The Morgan fingerprint density at radius 1 is 1.06 bits per heavy atom. The smallest absolute Gasteiger partial charge is 0.257 e. The van der Waals surface area contributed by atoms with Gasteiger partial charge in [0, 0.05) is 16.8 Å². The van der Waals surface area contributed by atoms with Gasteiger partial charge < -0.3 is 9.73 Å². The van der Waals surface area contributed by atoms with Crippen molar-refractivity contribution < 1.29 is 9.21 Å². The molecule has 0 aliphatic carbocycles. The summed E-state index contributed by atoms with van der Waals surface area (Å²) in [5.41, 5.74) is 7.16. The van der Waals surface area contributed by atoms with E-state index in [1.165, 1.54) is 5.56 Å². The number of nitrogens with zero attached hydrogens (tertiary/aromatic N) is 1. The van der Waals surface area contributed by atoms with E-state index >= 15 is 0 Å². The van der Waals surface area contributed by atoms with Crippen molar-refractivity contribution in [3.05, 3.63) is 82.9 Å². The average Bonchev–Trinajstić information content (AvgIpc) is 3.22. The summed E-state index contributed by atoms with van der Waals surface area (Å²) in [6.07, 6.45) is 1.08. The second-order valence-electron chi connectivity index (χ2n) is 8.36. The highest BCUT2D eigenvalue weighted by Crippen LogP contribution is 2.28. The second kappa shape index (κ2) is 9.55. The van der Waals surface area contributed by atoms with Gasteiger partial charge in [-0.1, -0.05) is 37.6 Å². The molecule has 4 aromatic rings. The molecular weight excluding hydrogens is 430 g/mol. The van der Waals surface area contributed by atoms with Crippen LogP contribution in [0.1, 0.15) is 53.2 Å². The summed E-state index contributed by atoms with van der Waals surface area (Å²) >= 11 is 5.32. The van der Waals surface area contributed by atoms with E-state index in [-0.39, 0.29) is 11.0 Å². The van der Waals surface area contributed by atoms with Gasteiger partial charge in [0.1, 0.15) is 5.52 Å². The summed E-state index contributed by atoms with van der Waals surface area (Å²) in [7, 11) is 0. The van der Waals surface area contributed by atoms with Crippen molar-refractivity contribution >= 4 is 40.0 Å². The first kappa shape index (κ1) is 22.7. The standard InChI is InChI=1S/C27H27N3O2S/c1-5-17(3)20-9-13-24-23(15-20)29-26(32-24)19-7-10-21(11-8-19)28-27(33)30-25(31)22-12-6-16(2)14-18(22)4/h6-15,17H,5H2,1-4H3,(H2,28,30,31,33)/t17-/m1/s1. The third-order valence-electron chi connectivity index (χ3n) is 5.84. The molecule has 0 fully saturated rings. The van der Waals surface area contributed by atoms with Gasteiger partial charge in [0.05, 0.1) is 0 Å². The first-order chi connectivity index (χ1) is 15.8. The number of benzene rings is 3. The van der Waals surface area contributed by atoms with E-state index in [1.54, 1.807) is 0 Å². The van der Waals surface area contributed by atoms with E-state index in [4.69, 9.17) is 16.6 Å². The highest BCUT2D eigenvalue weighted by Gasteiger charge is 2.13. The number of hydrogen-bond donors (Lipinski definition) is 2. The highest BCUT2D eigenvalue weighted by atomic mass is 32.1. The summed E-state index contributed by atoms with van der Waals surface area (Å²) in [6, 6.07) is 19.5. The predicted octanol–water partition coefficient (Wildman–Crippen LogP) is 6.75. The number of fused-ring (bicyclic) bond motifs is 1. The monoisotopic (exact) mass is 457 g/mol. The van der Waals surface area contributed by atoms with Crippen molar-refractivity contribution in [1.82, 2.24) is 10.3 Å². The molecule has 168 valence electrons. The first-order valence-electron chi connectivity index (χ1n) is 11.0. The Bertz CT molecular complexity index is 1330. The summed E-state index contributed by atoms with van der Waals surface area (Å²) in [4.78, 5) is 17.2. The molecule has 0 aliphatic rings. The third-order valence-corrected chi connectivity index (χ3v) is 6.04. The number of oxazole rings is 1. The van der Waals surface area contributed by atoms with E-state index in [0.717, 1.165) is 39.9 Å². The Morgan fingerprint density at radius 3 is 2.52 bits per heavy atom. The van der Waals surface area contributed by atoms with Crippen molar-refractivity contribution in [2.24, 2.45) is 0 Å². The summed E-state index contributed by atoms with van der Waals surface area (Å²) in [5.74, 6) is 0.826. The number of hydrogen-bond acceptors (Lipinski definition) is 4. The van der Waals surface area contributed by atoms with Crippen LogP contribution in [0.25, 0.3) is 22.6 Å². The van der Waals surface area contributed by atoms with E-state index in [0.29, 0.717) is 17.4 Å². The molecule has 0 aliphatic heterocycles. The molecule has 0 saturated carbocycles. The number of carbonyl (C=O) groups excluding carboxylic acids is 1. The van der Waals surface area contributed by atoms with Crippen LogP contribution in [-0.4, -0.2) is 16.0 Å². The van der Waals surface area contributed by atoms with Gasteiger partial charge in [-0.15, -0.1) is 0 Å². The summed E-state index contributed by atoms with van der Waals surface area (Å²) in [5, 5.41) is 6.03. The number of thiocarbonyl (C=S) groups is 1. The molecule has 2 N–H and O–H groups in total. The molecule has 33 heavy (non-hydrogen) atoms. The number of carbonyl (C=O) groups is 1. The number of aromatic nitrogens is 1. The maximum absolute atomic E-state index is 12.5. The molecule has 0 bridgehead atoms. The third kappa shape index (κ3) is 5.12. The zero-order valence-electron chi connectivity index (χ0n) is 19.2. The summed E-state index contributed by atoms with van der Waals surface area (Å²) in [6.45, 7) is 8.30. The van der Waals surface area contributed by atoms with Gasteiger partial charge in [0.25, 0.3) is 5.91 Å². The van der Waals surface area contributed by atoms with E-state index < -0.39 is 0 Å². The zero-order chi connectivity index (χ0) is 23.5. The maximum Gasteiger partial charge on any atom is 0.257 e. The van der Waals surface area contributed by atoms with Crippen molar-refractivity contribution in [1.29, 1.82) is 0 Å². The lowest BCUT2D eigenvalue weighted by Crippen LogP contribution is -2.34. The van der Waals surface area contributed by atoms with Gasteiger partial charge in [-0.3, -0.25) is 10.1 Å². The van der Waals surface area contributed by atoms with Gasteiger partial charge in [0.15, 0.2) is 10.7 Å². The van der Waals surface area contributed by atoms with Crippen molar-refractivity contribution in [2.75, 3.05) is 5.32 Å². The largest absolute Gasteiger partial charge is 0.436 e. The van der Waals surface area contributed by atoms with Crippen LogP contribution in [0.3, 0.4) is 0 Å². The molecule has 0 saturated heterocycles. The number of rotatable bonds is 5. The summed E-state index contributed by atoms with van der Waals surface area (Å²) < 4.78 is 5.95. The minimum absolute atomic E-state index is 0.232. The van der Waals surface area contributed by atoms with E-state index in [1.807, 2.05) is 62.4 Å². The zero-order valence-corrected chi connectivity index (χ0v) is 20.0. The topological polar surface area (TPSA) is 67.2 Å². The quantitative estimate of drug-likeness (QED) is 0.324. The Kier molecular flexibility index (Phi) is 6.56. The predicted molar refractivity (Wildman–Crippen MR) is 138 cm³/mol. The van der Waals surface area contributed by atoms with Crippen LogP contribution in [0.4, 0.5) is 5.69 Å². The number of nitrogens with one attached hydrogen (secondary N) is 2. The molecule has 4 rings (SSSR count). The molecule has 1 aromatic heterocycles. The molecule has 0 spiro atoms. The number of anilines is 1. The Balaban J connectivity index is 1.43. The van der Waals surface area contributed by atoms with Crippen molar-refractivity contribution in [3.8, 4) is 11.5 Å². The van der Waals surface area contributed by atoms with Crippen LogP contribution in [0.5, 0.6) is 0 Å². The van der Waals surface area contributed by atoms with Crippen LogP contribution < -0.4 is 10.6 Å². The number of aryl methyl sites for hydroxylation is 2. The Morgan fingerprint density at radius 2 is 1.82 bits per heavy atom. The van der Waals surface area contributed by atoms with E-state index in [9.17, 15) is 4.79 Å². The lowest BCUT2D eigenvalue weighted by molar-refractivity contribution is 0.0977. The van der Waals surface area contributed by atoms with Crippen LogP contribution in [0.2, 0.25) is 0 Å². The van der Waals surface area contributed by atoms with E-state index in [2.05, 4.69) is 41.6 Å². The maximum atomic E-state index is 12.5. The minimum Gasteiger partial charge on any atom is -0.436 e. The van der Waals surface area contributed by atoms with Gasteiger partial charge in [-0.25, -0.2) is 4.98 Å². The molecule has 0 radical (unpaired) electrons.